The number of nitrogens with zero attached hydrogens (tertiary/aromatic N) is 7. The largest absolute Gasteiger partial charge is 0.454 e. The Labute approximate surface area is 214 Å². The maximum absolute atomic E-state index is 13.6. The van der Waals surface area contributed by atoms with Crippen LogP contribution in [-0.4, -0.2) is 93.1 Å². The van der Waals surface area contributed by atoms with Crippen molar-refractivity contribution < 1.29 is 13.9 Å². The van der Waals surface area contributed by atoms with Gasteiger partial charge in [0.2, 0.25) is 0 Å². The first-order chi connectivity index (χ1) is 18.2. The number of aromatic nitrogens is 4. The van der Waals surface area contributed by atoms with Crippen molar-refractivity contribution in [2.75, 3.05) is 52.5 Å². The van der Waals surface area contributed by atoms with Gasteiger partial charge in [-0.2, -0.15) is 5.10 Å². The predicted molar refractivity (Wildman–Crippen MR) is 136 cm³/mol. The molecule has 2 aliphatic heterocycles. The summed E-state index contributed by atoms with van der Waals surface area (Å²) in [6.45, 7) is 6.43. The van der Waals surface area contributed by atoms with Crippen LogP contribution in [0.3, 0.4) is 0 Å². The van der Waals surface area contributed by atoms with Gasteiger partial charge in [0.25, 0.3) is 11.9 Å². The van der Waals surface area contributed by atoms with Crippen LogP contribution < -0.4 is 0 Å². The second kappa shape index (κ2) is 9.37. The minimum Gasteiger partial charge on any atom is -0.454 e. The number of carbonyl (C=O) groups excluding carboxylic acids is 1. The molecular weight excluding hydrogens is 470 g/mol. The second-order valence-corrected chi connectivity index (χ2v) is 9.83. The zero-order valence-corrected chi connectivity index (χ0v) is 20.6. The van der Waals surface area contributed by atoms with Gasteiger partial charge in [0.1, 0.15) is 11.3 Å². The molecular formula is C27H29N7O3. The van der Waals surface area contributed by atoms with Crippen LogP contribution in [-0.2, 0) is 4.74 Å². The minimum absolute atomic E-state index is 0.0446. The molecule has 0 bridgehead atoms. The van der Waals surface area contributed by atoms with Gasteiger partial charge in [-0.1, -0.05) is 18.2 Å². The van der Waals surface area contributed by atoms with Gasteiger partial charge in [-0.05, 0) is 31.0 Å². The highest BCUT2D eigenvalue weighted by atomic mass is 16.5. The van der Waals surface area contributed by atoms with Crippen LogP contribution in [0.25, 0.3) is 28.4 Å². The van der Waals surface area contributed by atoms with Crippen molar-refractivity contribution in [2.24, 2.45) is 0 Å². The Morgan fingerprint density at radius 2 is 1.73 bits per heavy atom. The molecule has 1 amide bonds. The van der Waals surface area contributed by atoms with E-state index in [9.17, 15) is 4.79 Å². The average Bonchev–Trinajstić information content (AvgIpc) is 3.54. The monoisotopic (exact) mass is 499 g/mol. The molecule has 1 aliphatic carbocycles. The number of morpholine rings is 1. The van der Waals surface area contributed by atoms with Gasteiger partial charge >= 0.3 is 0 Å². The second-order valence-electron chi connectivity index (χ2n) is 9.83. The first kappa shape index (κ1) is 22.6. The van der Waals surface area contributed by atoms with Crippen LogP contribution in [0, 0.1) is 0 Å². The lowest BCUT2D eigenvalue weighted by Gasteiger charge is -2.42. The molecule has 0 N–H and O–H groups in total. The third-order valence-electron chi connectivity index (χ3n) is 7.44. The van der Waals surface area contributed by atoms with Crippen LogP contribution >= 0.6 is 0 Å². The van der Waals surface area contributed by atoms with Crippen molar-refractivity contribution in [1.29, 1.82) is 0 Å². The topological polar surface area (TPSA) is 92.8 Å². The highest BCUT2D eigenvalue weighted by Crippen LogP contribution is 2.42. The first-order valence-electron chi connectivity index (χ1n) is 13.0. The lowest BCUT2D eigenvalue weighted by Crippen LogP contribution is -2.57. The van der Waals surface area contributed by atoms with Crippen LogP contribution in [0.5, 0.6) is 0 Å². The van der Waals surface area contributed by atoms with Crippen molar-refractivity contribution in [3.63, 3.8) is 0 Å². The summed E-state index contributed by atoms with van der Waals surface area (Å²) in [5, 5.41) is 10.3. The van der Waals surface area contributed by atoms with Crippen LogP contribution in [0.4, 0.5) is 0 Å². The first-order valence-corrected chi connectivity index (χ1v) is 13.0. The van der Waals surface area contributed by atoms with Crippen LogP contribution in [0.15, 0.2) is 53.2 Å². The molecule has 5 heterocycles. The van der Waals surface area contributed by atoms with E-state index in [1.807, 2.05) is 41.3 Å². The molecule has 0 radical (unpaired) electrons. The lowest BCUT2D eigenvalue weighted by atomic mass is 10.1. The Morgan fingerprint density at radius 3 is 2.51 bits per heavy atom. The van der Waals surface area contributed by atoms with E-state index < -0.39 is 0 Å². The van der Waals surface area contributed by atoms with E-state index >= 15 is 0 Å². The number of ether oxygens (including phenoxy) is 1. The standard InChI is InChI=1S/C27H29N7O3/c35-26(31-9-11-32(12-10-31)33-13-15-36-16-14-33)21-18-29-34(25(21)19-5-6-19)27-28-8-7-22(30-27)24-17-20-3-1-2-4-23(20)37-24/h1-4,7-8,17-19H,5-6,9-16H2. The summed E-state index contributed by atoms with van der Waals surface area (Å²) in [6, 6.07) is 11.7. The smallest absolute Gasteiger partial charge is 0.257 e. The maximum Gasteiger partial charge on any atom is 0.257 e. The summed E-state index contributed by atoms with van der Waals surface area (Å²) in [5.74, 6) is 1.48. The van der Waals surface area contributed by atoms with E-state index in [0.29, 0.717) is 42.0 Å². The molecule has 0 spiro atoms. The Kier molecular flexibility index (Phi) is 5.72. The van der Waals surface area contributed by atoms with Gasteiger partial charge in [-0.3, -0.25) is 4.79 Å². The van der Waals surface area contributed by atoms with E-state index in [0.717, 1.165) is 68.9 Å². The van der Waals surface area contributed by atoms with Gasteiger partial charge in [-0.15, -0.1) is 0 Å². The third kappa shape index (κ3) is 4.30. The number of carbonyl (C=O) groups is 1. The fraction of sp³-hybridized carbons (Fsp3) is 0.407. The van der Waals surface area contributed by atoms with Crippen molar-refractivity contribution in [2.45, 2.75) is 18.8 Å². The molecule has 3 fully saturated rings. The quantitative estimate of drug-likeness (QED) is 0.414. The van der Waals surface area contributed by atoms with E-state index in [-0.39, 0.29) is 5.91 Å². The molecule has 10 heteroatoms. The molecule has 1 aromatic carbocycles. The number of piperazine rings is 1. The SMILES string of the molecule is O=C(c1cnn(-c2nccc(-c3cc4ccccc4o3)n2)c1C1CC1)N1CCN(N2CCOCC2)CC1. The highest BCUT2D eigenvalue weighted by Gasteiger charge is 2.36. The molecule has 7 rings (SSSR count). The molecule has 37 heavy (non-hydrogen) atoms. The summed E-state index contributed by atoms with van der Waals surface area (Å²) in [6.07, 6.45) is 5.50. The van der Waals surface area contributed by atoms with Crippen molar-refractivity contribution in [1.82, 2.24) is 34.7 Å². The van der Waals surface area contributed by atoms with E-state index in [4.69, 9.17) is 14.1 Å². The van der Waals surface area contributed by atoms with Gasteiger partial charge in [0.15, 0.2) is 5.76 Å². The summed E-state index contributed by atoms with van der Waals surface area (Å²) >= 11 is 0. The van der Waals surface area contributed by atoms with Crippen molar-refractivity contribution in [3.05, 3.63) is 60.0 Å². The molecule has 2 saturated heterocycles. The molecule has 190 valence electrons. The molecule has 1 saturated carbocycles. The highest BCUT2D eigenvalue weighted by molar-refractivity contribution is 5.95. The van der Waals surface area contributed by atoms with Gasteiger partial charge in [0.05, 0.1) is 30.7 Å². The van der Waals surface area contributed by atoms with Crippen LogP contribution in [0.1, 0.15) is 34.8 Å². The van der Waals surface area contributed by atoms with Gasteiger partial charge < -0.3 is 14.1 Å². The number of hydrazine groups is 1. The number of benzene rings is 1. The zero-order chi connectivity index (χ0) is 24.8. The molecule has 3 aromatic heterocycles. The Balaban J connectivity index is 1.14. The minimum atomic E-state index is 0.0446. The fourth-order valence-corrected chi connectivity index (χ4v) is 5.32. The number of hydrogen-bond donors (Lipinski definition) is 0. The summed E-state index contributed by atoms with van der Waals surface area (Å²) in [4.78, 5) is 24.9. The Morgan fingerprint density at radius 1 is 0.946 bits per heavy atom. The van der Waals surface area contributed by atoms with Crippen molar-refractivity contribution >= 4 is 16.9 Å². The molecule has 10 nitrogen and oxygen atoms in total. The number of hydrogen-bond acceptors (Lipinski definition) is 8. The summed E-state index contributed by atoms with van der Waals surface area (Å²) in [5.41, 5.74) is 3.09. The summed E-state index contributed by atoms with van der Waals surface area (Å²) < 4.78 is 13.2. The van der Waals surface area contributed by atoms with E-state index in [2.05, 4.69) is 20.1 Å². The third-order valence-corrected chi connectivity index (χ3v) is 7.44. The number of para-hydroxylation sites is 1. The van der Waals surface area contributed by atoms with Gasteiger partial charge in [0, 0.05) is 56.8 Å². The average molecular weight is 500 g/mol. The molecule has 4 aromatic rings. The number of fused-ring (bicyclic) bond motifs is 1. The number of rotatable bonds is 5. The maximum atomic E-state index is 13.6. The van der Waals surface area contributed by atoms with Crippen molar-refractivity contribution in [3.8, 4) is 17.4 Å². The number of amides is 1. The Bertz CT molecular complexity index is 1400. The zero-order valence-electron chi connectivity index (χ0n) is 20.6. The summed E-state index contributed by atoms with van der Waals surface area (Å²) in [7, 11) is 0. The van der Waals surface area contributed by atoms with Gasteiger partial charge in [-0.25, -0.2) is 24.7 Å². The Hall–Kier alpha value is -3.60. The van der Waals surface area contributed by atoms with E-state index in [1.165, 1.54) is 0 Å². The molecule has 0 unspecified atom stereocenters. The fourth-order valence-electron chi connectivity index (χ4n) is 5.32. The normalized spacial score (nSPS) is 19.5. The number of furan rings is 1. The van der Waals surface area contributed by atoms with Crippen LogP contribution in [0.2, 0.25) is 0 Å². The lowest BCUT2D eigenvalue weighted by molar-refractivity contribution is -0.104. The molecule has 0 atom stereocenters. The van der Waals surface area contributed by atoms with E-state index in [1.54, 1.807) is 17.1 Å². The molecule has 3 aliphatic rings. The predicted octanol–water partition coefficient (Wildman–Crippen LogP) is 2.96.